The van der Waals surface area contributed by atoms with Crippen LogP contribution in [0.15, 0.2) is 0 Å². The monoisotopic (exact) mass is 268 g/mol. The third-order valence-electron chi connectivity index (χ3n) is 4.44. The van der Waals surface area contributed by atoms with Gasteiger partial charge in [-0.3, -0.25) is 9.59 Å². The maximum atomic E-state index is 12.6. The highest BCUT2D eigenvalue weighted by atomic mass is 16.5. The molecule has 1 saturated heterocycles. The Morgan fingerprint density at radius 3 is 2.42 bits per heavy atom. The second-order valence-electron chi connectivity index (χ2n) is 6.46. The van der Waals surface area contributed by atoms with Gasteiger partial charge in [0.15, 0.2) is 0 Å². The van der Waals surface area contributed by atoms with Crippen LogP contribution in [0.2, 0.25) is 0 Å². The first-order valence-electron chi connectivity index (χ1n) is 6.91. The van der Waals surface area contributed by atoms with Gasteiger partial charge in [-0.25, -0.2) is 0 Å². The molecule has 0 radical (unpaired) electrons. The van der Waals surface area contributed by atoms with Gasteiger partial charge in [-0.2, -0.15) is 0 Å². The van der Waals surface area contributed by atoms with E-state index in [1.165, 1.54) is 0 Å². The van der Waals surface area contributed by atoms with E-state index >= 15 is 0 Å². The number of hydrogen-bond donors (Lipinski definition) is 1. The van der Waals surface area contributed by atoms with Gasteiger partial charge < -0.3 is 15.0 Å². The molecule has 19 heavy (non-hydrogen) atoms. The summed E-state index contributed by atoms with van der Waals surface area (Å²) >= 11 is 0. The molecule has 1 aliphatic carbocycles. The maximum absolute atomic E-state index is 12.6. The highest BCUT2D eigenvalue weighted by molar-refractivity contribution is 6.02. The van der Waals surface area contributed by atoms with Crippen LogP contribution in [0.3, 0.4) is 0 Å². The number of rotatable bonds is 4. The van der Waals surface area contributed by atoms with Crippen LogP contribution in [0.4, 0.5) is 0 Å². The van der Waals surface area contributed by atoms with Gasteiger partial charge in [0.1, 0.15) is 11.1 Å². The fraction of sp³-hybridized carbons (Fsp3) is 0.857. The molecule has 0 aromatic rings. The lowest BCUT2D eigenvalue weighted by Gasteiger charge is -2.50. The maximum Gasteiger partial charge on any atom is 0.248 e. The van der Waals surface area contributed by atoms with Gasteiger partial charge in [0.25, 0.3) is 0 Å². The second-order valence-corrected chi connectivity index (χ2v) is 6.46. The van der Waals surface area contributed by atoms with Crippen LogP contribution < -0.4 is 5.32 Å². The summed E-state index contributed by atoms with van der Waals surface area (Å²) in [6.45, 7) is 7.77. The molecule has 0 bridgehead atoms. The molecule has 2 atom stereocenters. The molecule has 1 N–H and O–H groups in total. The molecule has 2 unspecified atom stereocenters. The zero-order chi connectivity index (χ0) is 14.4. The number of carbonyl (C=O) groups is 2. The van der Waals surface area contributed by atoms with Gasteiger partial charge in [0.2, 0.25) is 11.8 Å². The number of nitrogens with one attached hydrogen (secondary N) is 1. The van der Waals surface area contributed by atoms with Crippen molar-refractivity contribution in [3.8, 4) is 0 Å². The van der Waals surface area contributed by atoms with Crippen LogP contribution in [-0.4, -0.2) is 47.6 Å². The number of methoxy groups -OCH3 is 1. The lowest BCUT2D eigenvalue weighted by atomic mass is 9.84. The van der Waals surface area contributed by atoms with Gasteiger partial charge >= 0.3 is 0 Å². The Labute approximate surface area is 114 Å². The van der Waals surface area contributed by atoms with E-state index in [4.69, 9.17) is 4.74 Å². The third-order valence-corrected chi connectivity index (χ3v) is 4.44. The smallest absolute Gasteiger partial charge is 0.248 e. The molecule has 108 valence electrons. The topological polar surface area (TPSA) is 58.6 Å². The third kappa shape index (κ3) is 2.24. The van der Waals surface area contributed by atoms with Crippen molar-refractivity contribution in [3.05, 3.63) is 0 Å². The van der Waals surface area contributed by atoms with Crippen LogP contribution in [0.1, 0.15) is 40.5 Å². The minimum Gasteiger partial charge on any atom is -0.380 e. The molecule has 0 aromatic heterocycles. The van der Waals surface area contributed by atoms with Crippen LogP contribution in [0.25, 0.3) is 0 Å². The standard InChI is InChI=1S/C14H24N2O3/c1-9(19-5)8-16-12(18)13(2,3)15-11(17)14(16,4)10-6-7-10/h9-10H,6-8H2,1-5H3,(H,15,17). The van der Waals surface area contributed by atoms with Crippen LogP contribution in [0, 0.1) is 5.92 Å². The fourth-order valence-corrected chi connectivity index (χ4v) is 2.79. The molecule has 0 aromatic carbocycles. The van der Waals surface area contributed by atoms with Gasteiger partial charge in [0.05, 0.1) is 6.10 Å². The molecular formula is C14H24N2O3. The first-order chi connectivity index (χ1) is 8.73. The summed E-state index contributed by atoms with van der Waals surface area (Å²) in [6.07, 6.45) is 1.94. The lowest BCUT2D eigenvalue weighted by Crippen LogP contribution is -2.74. The Kier molecular flexibility index (Phi) is 3.37. The molecule has 2 amide bonds. The van der Waals surface area contributed by atoms with E-state index in [1.807, 2.05) is 13.8 Å². The van der Waals surface area contributed by atoms with E-state index in [9.17, 15) is 9.59 Å². The van der Waals surface area contributed by atoms with Crippen LogP contribution in [-0.2, 0) is 14.3 Å². The lowest BCUT2D eigenvalue weighted by molar-refractivity contribution is -0.164. The quantitative estimate of drug-likeness (QED) is 0.825. The Morgan fingerprint density at radius 1 is 1.37 bits per heavy atom. The fourth-order valence-electron chi connectivity index (χ4n) is 2.79. The normalized spacial score (nSPS) is 32.2. The van der Waals surface area contributed by atoms with Crippen molar-refractivity contribution >= 4 is 11.8 Å². The van der Waals surface area contributed by atoms with Crippen molar-refractivity contribution in [1.82, 2.24) is 10.2 Å². The first kappa shape index (κ1) is 14.3. The molecule has 1 saturated carbocycles. The number of hydrogen-bond acceptors (Lipinski definition) is 3. The molecule has 1 aliphatic heterocycles. The van der Waals surface area contributed by atoms with Crippen molar-refractivity contribution in [2.75, 3.05) is 13.7 Å². The Balaban J connectivity index is 2.34. The molecule has 5 nitrogen and oxygen atoms in total. The highest BCUT2D eigenvalue weighted by Crippen LogP contribution is 2.45. The van der Waals surface area contributed by atoms with Crippen molar-refractivity contribution in [2.45, 2.75) is 57.7 Å². The number of piperazine rings is 1. The molecule has 2 rings (SSSR count). The Morgan fingerprint density at radius 2 is 1.95 bits per heavy atom. The predicted octanol–water partition coefficient (Wildman–Crippen LogP) is 0.927. The average molecular weight is 268 g/mol. The van der Waals surface area contributed by atoms with Crippen LogP contribution in [0.5, 0.6) is 0 Å². The largest absolute Gasteiger partial charge is 0.380 e. The van der Waals surface area contributed by atoms with Crippen molar-refractivity contribution in [3.63, 3.8) is 0 Å². The van der Waals surface area contributed by atoms with E-state index in [2.05, 4.69) is 5.32 Å². The van der Waals surface area contributed by atoms with E-state index in [0.717, 1.165) is 12.8 Å². The second kappa shape index (κ2) is 4.47. The van der Waals surface area contributed by atoms with Crippen molar-refractivity contribution in [2.24, 2.45) is 5.92 Å². The summed E-state index contributed by atoms with van der Waals surface area (Å²) in [6, 6.07) is 0. The predicted molar refractivity (Wildman–Crippen MR) is 71.5 cm³/mol. The summed E-state index contributed by atoms with van der Waals surface area (Å²) in [4.78, 5) is 26.9. The summed E-state index contributed by atoms with van der Waals surface area (Å²) in [5.74, 6) is 0.213. The van der Waals surface area contributed by atoms with E-state index in [-0.39, 0.29) is 23.8 Å². The molecule has 2 aliphatic rings. The van der Waals surface area contributed by atoms with Crippen molar-refractivity contribution in [1.29, 1.82) is 0 Å². The van der Waals surface area contributed by atoms with Crippen molar-refractivity contribution < 1.29 is 14.3 Å². The number of ether oxygens (including phenoxy) is 1. The van der Waals surface area contributed by atoms with E-state index in [1.54, 1.807) is 25.9 Å². The summed E-state index contributed by atoms with van der Waals surface area (Å²) in [5.41, 5.74) is -1.56. The average Bonchev–Trinajstić information content (AvgIpc) is 3.16. The SMILES string of the molecule is COC(C)CN1C(=O)C(C)(C)NC(=O)C1(C)C1CC1. The molecule has 0 spiro atoms. The first-order valence-corrected chi connectivity index (χ1v) is 6.91. The summed E-state index contributed by atoms with van der Waals surface area (Å²) in [7, 11) is 1.62. The summed E-state index contributed by atoms with van der Waals surface area (Å²) < 4.78 is 5.27. The van der Waals surface area contributed by atoms with Gasteiger partial charge in [-0.05, 0) is 46.5 Å². The minimum absolute atomic E-state index is 0.0228. The number of nitrogens with zero attached hydrogens (tertiary/aromatic N) is 1. The van der Waals surface area contributed by atoms with Gasteiger partial charge in [-0.1, -0.05) is 0 Å². The van der Waals surface area contributed by atoms with Crippen LogP contribution >= 0.6 is 0 Å². The Bertz CT molecular complexity index is 403. The highest BCUT2D eigenvalue weighted by Gasteiger charge is 2.59. The minimum atomic E-state index is -0.834. The summed E-state index contributed by atoms with van der Waals surface area (Å²) in [5, 5.41) is 2.87. The van der Waals surface area contributed by atoms with Gasteiger partial charge in [0, 0.05) is 13.7 Å². The molecule has 2 fully saturated rings. The Hall–Kier alpha value is -1.10. The number of amides is 2. The van der Waals surface area contributed by atoms with E-state index < -0.39 is 11.1 Å². The van der Waals surface area contributed by atoms with E-state index in [0.29, 0.717) is 6.54 Å². The zero-order valence-electron chi connectivity index (χ0n) is 12.4. The number of carbonyl (C=O) groups excluding carboxylic acids is 2. The molecule has 5 heteroatoms. The zero-order valence-corrected chi connectivity index (χ0v) is 12.4. The molecular weight excluding hydrogens is 244 g/mol. The van der Waals surface area contributed by atoms with Gasteiger partial charge in [-0.15, -0.1) is 0 Å². The molecule has 1 heterocycles.